The highest BCUT2D eigenvalue weighted by molar-refractivity contribution is 7.98. The number of thioether (sulfide) groups is 1. The van der Waals surface area contributed by atoms with Crippen molar-refractivity contribution in [2.24, 2.45) is 0 Å². The summed E-state index contributed by atoms with van der Waals surface area (Å²) in [5.41, 5.74) is 2.05. The molecule has 0 unspecified atom stereocenters. The number of nitrogens with zero attached hydrogens (tertiary/aromatic N) is 2. The first kappa shape index (κ1) is 29.1. The van der Waals surface area contributed by atoms with E-state index >= 15 is 0 Å². The number of sulfonamides is 1. The van der Waals surface area contributed by atoms with Crippen LogP contribution in [0.4, 0.5) is 5.69 Å². The largest absolute Gasteiger partial charge is 0.497 e. The van der Waals surface area contributed by atoms with Gasteiger partial charge in [-0.2, -0.15) is 0 Å². The Morgan fingerprint density at radius 3 is 2.26 bits per heavy atom. The minimum absolute atomic E-state index is 0.0716. The lowest BCUT2D eigenvalue weighted by molar-refractivity contribution is -0.139. The zero-order chi connectivity index (χ0) is 27.9. The molecule has 0 saturated heterocycles. The van der Waals surface area contributed by atoms with Gasteiger partial charge in [0.2, 0.25) is 11.8 Å². The van der Waals surface area contributed by atoms with Gasteiger partial charge in [0.15, 0.2) is 0 Å². The topological polar surface area (TPSA) is 96.0 Å². The monoisotopic (exact) mass is 555 g/mol. The van der Waals surface area contributed by atoms with Crippen molar-refractivity contribution < 1.29 is 22.7 Å². The van der Waals surface area contributed by atoms with Crippen LogP contribution in [0.25, 0.3) is 0 Å². The maximum absolute atomic E-state index is 13.8. The third-order valence-electron chi connectivity index (χ3n) is 6.15. The Bertz CT molecular complexity index is 1360. The maximum atomic E-state index is 13.8. The van der Waals surface area contributed by atoms with Crippen molar-refractivity contribution in [1.82, 2.24) is 10.2 Å². The number of likely N-dealkylation sites (N-methyl/N-ethyl adjacent to an activating group) is 1. The Hall–Kier alpha value is -3.50. The molecule has 0 heterocycles. The van der Waals surface area contributed by atoms with Gasteiger partial charge in [-0.1, -0.05) is 29.8 Å². The number of hydrogen-bond acceptors (Lipinski definition) is 6. The second-order valence-corrected chi connectivity index (χ2v) is 11.4. The first-order valence-electron chi connectivity index (χ1n) is 12.0. The van der Waals surface area contributed by atoms with Gasteiger partial charge < -0.3 is 15.0 Å². The summed E-state index contributed by atoms with van der Waals surface area (Å²) in [6.07, 6.45) is 1.91. The summed E-state index contributed by atoms with van der Waals surface area (Å²) >= 11 is 1.50. The van der Waals surface area contributed by atoms with Crippen LogP contribution < -0.4 is 14.4 Å². The highest BCUT2D eigenvalue weighted by Crippen LogP contribution is 2.26. The molecule has 202 valence electrons. The van der Waals surface area contributed by atoms with E-state index in [1.54, 1.807) is 68.6 Å². The van der Waals surface area contributed by atoms with Crippen molar-refractivity contribution in [3.05, 3.63) is 83.9 Å². The molecule has 3 aromatic carbocycles. The Kier molecular flexibility index (Phi) is 9.82. The molecule has 38 heavy (non-hydrogen) atoms. The van der Waals surface area contributed by atoms with E-state index in [9.17, 15) is 18.0 Å². The molecule has 1 N–H and O–H groups in total. The van der Waals surface area contributed by atoms with E-state index in [1.807, 2.05) is 19.2 Å². The molecule has 10 heteroatoms. The predicted molar refractivity (Wildman–Crippen MR) is 151 cm³/mol. The van der Waals surface area contributed by atoms with Crippen LogP contribution in [0.15, 0.2) is 82.6 Å². The van der Waals surface area contributed by atoms with Crippen molar-refractivity contribution in [3.63, 3.8) is 0 Å². The van der Waals surface area contributed by atoms with Crippen molar-refractivity contribution >= 4 is 39.3 Å². The first-order chi connectivity index (χ1) is 18.1. The molecule has 3 aromatic rings. The van der Waals surface area contributed by atoms with Crippen LogP contribution >= 0.6 is 11.8 Å². The zero-order valence-electron chi connectivity index (χ0n) is 22.2. The summed E-state index contributed by atoms with van der Waals surface area (Å²) in [5, 5.41) is 2.58. The van der Waals surface area contributed by atoms with E-state index in [0.717, 1.165) is 20.3 Å². The standard InChI is InChI=1S/C28H33N3O5S2/c1-20-9-11-23(12-10-20)31(38(34,35)26-15-13-25(37-5)14-16-26)19-27(32)30(21(2)28(33)29-3)18-22-7-6-8-24(17-22)36-4/h6-17,21H,18-19H2,1-5H3,(H,29,33)/t21-/m1/s1. The number of hydrogen-bond donors (Lipinski definition) is 1. The number of ether oxygens (including phenoxy) is 1. The van der Waals surface area contributed by atoms with Gasteiger partial charge in [-0.15, -0.1) is 11.8 Å². The molecule has 3 rings (SSSR count). The number of nitrogens with one attached hydrogen (secondary N) is 1. The quantitative estimate of drug-likeness (QED) is 0.358. The Morgan fingerprint density at radius 1 is 1.03 bits per heavy atom. The van der Waals surface area contributed by atoms with Gasteiger partial charge in [-0.05, 0) is 74.2 Å². The second-order valence-electron chi connectivity index (χ2n) is 8.69. The van der Waals surface area contributed by atoms with Gasteiger partial charge >= 0.3 is 0 Å². The lowest BCUT2D eigenvalue weighted by Gasteiger charge is -2.32. The Balaban J connectivity index is 2.02. The third kappa shape index (κ3) is 6.87. The summed E-state index contributed by atoms with van der Waals surface area (Å²) < 4.78 is 34.1. The molecule has 8 nitrogen and oxygen atoms in total. The fourth-order valence-corrected chi connectivity index (χ4v) is 5.70. The van der Waals surface area contributed by atoms with Gasteiger partial charge in [0.05, 0.1) is 17.7 Å². The molecule has 0 fully saturated rings. The fourth-order valence-electron chi connectivity index (χ4n) is 3.87. The maximum Gasteiger partial charge on any atom is 0.264 e. The van der Waals surface area contributed by atoms with Crippen LogP contribution in [-0.2, 0) is 26.2 Å². The molecular weight excluding hydrogens is 522 g/mol. The molecule has 0 aliphatic carbocycles. The molecule has 0 bridgehead atoms. The SMILES string of the molecule is CNC(=O)[C@@H](C)N(Cc1cccc(OC)c1)C(=O)CN(c1ccc(C)cc1)S(=O)(=O)c1ccc(SC)cc1. The molecule has 0 radical (unpaired) electrons. The second kappa shape index (κ2) is 12.8. The summed E-state index contributed by atoms with van der Waals surface area (Å²) in [6, 6.07) is 19.8. The van der Waals surface area contributed by atoms with Crippen molar-refractivity contribution in [3.8, 4) is 5.75 Å². The van der Waals surface area contributed by atoms with Crippen LogP contribution in [0.5, 0.6) is 5.75 Å². The molecule has 0 aliphatic rings. The molecule has 0 spiro atoms. The molecule has 2 amide bonds. The van der Waals surface area contributed by atoms with E-state index in [1.165, 1.54) is 35.8 Å². The van der Waals surface area contributed by atoms with Crippen LogP contribution in [0.3, 0.4) is 0 Å². The van der Waals surface area contributed by atoms with E-state index in [0.29, 0.717) is 11.4 Å². The van der Waals surface area contributed by atoms with Crippen molar-refractivity contribution in [1.29, 1.82) is 0 Å². The Morgan fingerprint density at radius 2 is 1.68 bits per heavy atom. The normalized spacial score (nSPS) is 11.9. The van der Waals surface area contributed by atoms with Crippen LogP contribution in [-0.4, -0.2) is 58.1 Å². The fraction of sp³-hybridized carbons (Fsp3) is 0.286. The van der Waals surface area contributed by atoms with E-state index in [-0.39, 0.29) is 17.3 Å². The zero-order valence-corrected chi connectivity index (χ0v) is 23.8. The average Bonchev–Trinajstić information content (AvgIpc) is 2.94. The van der Waals surface area contributed by atoms with E-state index < -0.39 is 28.5 Å². The third-order valence-corrected chi connectivity index (χ3v) is 8.68. The Labute approximate surface area is 229 Å². The number of carbonyl (C=O) groups excluding carboxylic acids is 2. The van der Waals surface area contributed by atoms with Gasteiger partial charge in [0, 0.05) is 18.5 Å². The first-order valence-corrected chi connectivity index (χ1v) is 14.6. The minimum Gasteiger partial charge on any atom is -0.497 e. The van der Waals surface area contributed by atoms with Crippen molar-refractivity contribution in [2.75, 3.05) is 31.3 Å². The van der Waals surface area contributed by atoms with Gasteiger partial charge in [-0.25, -0.2) is 8.42 Å². The number of amides is 2. The van der Waals surface area contributed by atoms with Crippen LogP contribution in [0.2, 0.25) is 0 Å². The number of benzene rings is 3. The summed E-state index contributed by atoms with van der Waals surface area (Å²) in [7, 11) is -1.06. The average molecular weight is 556 g/mol. The molecular formula is C28H33N3O5S2. The number of methoxy groups -OCH3 is 1. The molecule has 0 aromatic heterocycles. The highest BCUT2D eigenvalue weighted by Gasteiger charge is 2.32. The predicted octanol–water partition coefficient (Wildman–Crippen LogP) is 4.08. The lowest BCUT2D eigenvalue weighted by Crippen LogP contribution is -2.50. The highest BCUT2D eigenvalue weighted by atomic mass is 32.2. The van der Waals surface area contributed by atoms with Gasteiger partial charge in [-0.3, -0.25) is 13.9 Å². The summed E-state index contributed by atoms with van der Waals surface area (Å²) in [4.78, 5) is 28.7. The van der Waals surface area contributed by atoms with E-state index in [4.69, 9.17) is 4.74 Å². The van der Waals surface area contributed by atoms with Gasteiger partial charge in [0.1, 0.15) is 18.3 Å². The molecule has 1 atom stereocenters. The molecule has 0 aliphatic heterocycles. The van der Waals surface area contributed by atoms with Gasteiger partial charge in [0.25, 0.3) is 10.0 Å². The van der Waals surface area contributed by atoms with Crippen molar-refractivity contribution in [2.45, 2.75) is 36.2 Å². The number of carbonyl (C=O) groups is 2. The summed E-state index contributed by atoms with van der Waals surface area (Å²) in [5.74, 6) is -0.271. The lowest BCUT2D eigenvalue weighted by atomic mass is 10.1. The number of aryl methyl sites for hydroxylation is 1. The van der Waals surface area contributed by atoms with E-state index in [2.05, 4.69) is 5.32 Å². The number of rotatable bonds is 11. The minimum atomic E-state index is -4.10. The smallest absolute Gasteiger partial charge is 0.264 e. The summed E-state index contributed by atoms with van der Waals surface area (Å²) in [6.45, 7) is 3.12. The van der Waals surface area contributed by atoms with Crippen LogP contribution in [0, 0.1) is 6.92 Å². The van der Waals surface area contributed by atoms with Crippen LogP contribution in [0.1, 0.15) is 18.1 Å². The molecule has 0 saturated carbocycles. The number of anilines is 1.